The number of hydrogen-bond acceptors (Lipinski definition) is 3. The molecule has 1 unspecified atom stereocenters. The number of nitrogens with one attached hydrogen (secondary N) is 1. The van der Waals surface area contributed by atoms with Gasteiger partial charge in [0.1, 0.15) is 0 Å². The van der Waals surface area contributed by atoms with E-state index >= 15 is 0 Å². The minimum Gasteiger partial charge on any atom is -0.378 e. The van der Waals surface area contributed by atoms with Crippen LogP contribution in [0.15, 0.2) is 17.5 Å². The summed E-state index contributed by atoms with van der Waals surface area (Å²) >= 11 is 1.84. The maximum Gasteiger partial charge on any atom is 0.0587 e. The quantitative estimate of drug-likeness (QED) is 0.771. The Morgan fingerprint density at radius 1 is 1.38 bits per heavy atom. The lowest BCUT2D eigenvalue weighted by atomic mass is 10.1. The molecule has 1 aromatic rings. The first-order chi connectivity index (χ1) is 7.95. The van der Waals surface area contributed by atoms with Gasteiger partial charge in [0.25, 0.3) is 0 Å². The third-order valence-corrected chi connectivity index (χ3v) is 3.98. The smallest absolute Gasteiger partial charge is 0.0587 e. The molecule has 0 spiro atoms. The van der Waals surface area contributed by atoms with Crippen LogP contribution in [0.2, 0.25) is 0 Å². The van der Waals surface area contributed by atoms with Crippen molar-refractivity contribution in [2.75, 3.05) is 19.7 Å². The molecule has 0 saturated carbocycles. The number of ether oxygens (including phenoxy) is 1. The van der Waals surface area contributed by atoms with Gasteiger partial charge in [0.2, 0.25) is 0 Å². The zero-order valence-corrected chi connectivity index (χ0v) is 10.6. The predicted octanol–water partition coefficient (Wildman–Crippen LogP) is 2.84. The second kappa shape index (κ2) is 7.05. The maximum atomic E-state index is 5.69. The fourth-order valence-corrected chi connectivity index (χ4v) is 2.80. The molecule has 0 amide bonds. The molecule has 3 heteroatoms. The van der Waals surface area contributed by atoms with Crippen LogP contribution in [0.4, 0.5) is 0 Å². The Kier molecular flexibility index (Phi) is 5.32. The molecule has 16 heavy (non-hydrogen) atoms. The zero-order valence-electron chi connectivity index (χ0n) is 9.78. The van der Waals surface area contributed by atoms with E-state index in [0.717, 1.165) is 26.1 Å². The molecular weight excluding hydrogens is 218 g/mol. The van der Waals surface area contributed by atoms with E-state index in [0.29, 0.717) is 6.10 Å². The third-order valence-electron chi connectivity index (χ3n) is 3.05. The standard InChI is InChI=1S/C13H21NOS/c1-2-10-15-12(4-1)6-8-14-9-7-13-5-3-11-16-13/h3,5,11-12,14H,1-2,4,6-10H2. The first-order valence-electron chi connectivity index (χ1n) is 6.30. The Morgan fingerprint density at radius 2 is 2.38 bits per heavy atom. The maximum absolute atomic E-state index is 5.69. The second-order valence-corrected chi connectivity index (χ2v) is 5.39. The first kappa shape index (κ1) is 12.1. The van der Waals surface area contributed by atoms with E-state index in [2.05, 4.69) is 22.8 Å². The van der Waals surface area contributed by atoms with Gasteiger partial charge in [-0.05, 0) is 56.6 Å². The van der Waals surface area contributed by atoms with Crippen LogP contribution in [0.25, 0.3) is 0 Å². The molecule has 0 aliphatic carbocycles. The summed E-state index contributed by atoms with van der Waals surface area (Å²) in [5, 5.41) is 5.64. The van der Waals surface area contributed by atoms with Gasteiger partial charge in [-0.25, -0.2) is 0 Å². The van der Waals surface area contributed by atoms with Crippen molar-refractivity contribution in [3.8, 4) is 0 Å². The highest BCUT2D eigenvalue weighted by molar-refractivity contribution is 7.09. The van der Waals surface area contributed by atoms with E-state index in [1.165, 1.54) is 30.6 Å². The van der Waals surface area contributed by atoms with Crippen molar-refractivity contribution in [1.82, 2.24) is 5.32 Å². The van der Waals surface area contributed by atoms with Crippen LogP contribution in [-0.2, 0) is 11.2 Å². The highest BCUT2D eigenvalue weighted by atomic mass is 32.1. The van der Waals surface area contributed by atoms with Gasteiger partial charge in [-0.2, -0.15) is 0 Å². The summed E-state index contributed by atoms with van der Waals surface area (Å²) in [6.07, 6.45) is 6.70. The Bertz CT molecular complexity index is 267. The summed E-state index contributed by atoms with van der Waals surface area (Å²) in [4.78, 5) is 1.47. The van der Waals surface area contributed by atoms with Crippen molar-refractivity contribution in [1.29, 1.82) is 0 Å². The van der Waals surface area contributed by atoms with Crippen LogP contribution < -0.4 is 5.32 Å². The van der Waals surface area contributed by atoms with Crippen LogP contribution in [0, 0.1) is 0 Å². The van der Waals surface area contributed by atoms with Gasteiger partial charge in [0, 0.05) is 11.5 Å². The average Bonchev–Trinajstić information content (AvgIpc) is 2.83. The van der Waals surface area contributed by atoms with E-state index in [9.17, 15) is 0 Å². The van der Waals surface area contributed by atoms with Crippen LogP contribution >= 0.6 is 11.3 Å². The minimum absolute atomic E-state index is 0.517. The van der Waals surface area contributed by atoms with Crippen LogP contribution in [0.1, 0.15) is 30.6 Å². The fraction of sp³-hybridized carbons (Fsp3) is 0.692. The molecule has 2 heterocycles. The lowest BCUT2D eigenvalue weighted by Gasteiger charge is -2.22. The average molecular weight is 239 g/mol. The van der Waals surface area contributed by atoms with Crippen LogP contribution in [0.5, 0.6) is 0 Å². The highest BCUT2D eigenvalue weighted by Gasteiger charge is 2.12. The van der Waals surface area contributed by atoms with E-state index in [-0.39, 0.29) is 0 Å². The zero-order chi connectivity index (χ0) is 11.1. The summed E-state index contributed by atoms with van der Waals surface area (Å²) < 4.78 is 5.69. The largest absolute Gasteiger partial charge is 0.378 e. The summed E-state index contributed by atoms with van der Waals surface area (Å²) in [5.41, 5.74) is 0. The Morgan fingerprint density at radius 3 is 3.12 bits per heavy atom. The van der Waals surface area contributed by atoms with Gasteiger partial charge in [-0.3, -0.25) is 0 Å². The van der Waals surface area contributed by atoms with E-state index in [4.69, 9.17) is 4.74 Å². The Hall–Kier alpha value is -0.380. The highest BCUT2D eigenvalue weighted by Crippen LogP contribution is 2.14. The summed E-state index contributed by atoms with van der Waals surface area (Å²) in [5.74, 6) is 0. The lowest BCUT2D eigenvalue weighted by Crippen LogP contribution is -2.26. The van der Waals surface area contributed by atoms with Gasteiger partial charge >= 0.3 is 0 Å². The molecule has 1 fully saturated rings. The van der Waals surface area contributed by atoms with Crippen LogP contribution in [-0.4, -0.2) is 25.8 Å². The molecule has 1 N–H and O–H groups in total. The summed E-state index contributed by atoms with van der Waals surface area (Å²) in [7, 11) is 0. The van der Waals surface area contributed by atoms with Gasteiger partial charge in [-0.15, -0.1) is 11.3 Å². The summed E-state index contributed by atoms with van der Waals surface area (Å²) in [6.45, 7) is 3.16. The predicted molar refractivity (Wildman–Crippen MR) is 69.1 cm³/mol. The second-order valence-electron chi connectivity index (χ2n) is 4.36. The molecule has 0 bridgehead atoms. The van der Waals surface area contributed by atoms with Gasteiger partial charge < -0.3 is 10.1 Å². The molecule has 0 radical (unpaired) electrons. The first-order valence-corrected chi connectivity index (χ1v) is 7.18. The molecule has 1 aliphatic rings. The molecule has 1 saturated heterocycles. The fourth-order valence-electron chi connectivity index (χ4n) is 2.09. The molecule has 90 valence electrons. The van der Waals surface area contributed by atoms with Crippen LogP contribution in [0.3, 0.4) is 0 Å². The lowest BCUT2D eigenvalue weighted by molar-refractivity contribution is 0.0116. The number of hydrogen-bond donors (Lipinski definition) is 1. The molecular formula is C13H21NOS. The minimum atomic E-state index is 0.517. The van der Waals surface area contributed by atoms with Crippen molar-refractivity contribution < 1.29 is 4.74 Å². The van der Waals surface area contributed by atoms with E-state index in [1.807, 2.05) is 11.3 Å². The molecule has 1 aromatic heterocycles. The van der Waals surface area contributed by atoms with Gasteiger partial charge in [0.05, 0.1) is 6.10 Å². The SMILES string of the molecule is c1csc(CCNCCC2CCCCO2)c1. The van der Waals surface area contributed by atoms with Crippen molar-refractivity contribution in [2.45, 2.75) is 38.2 Å². The van der Waals surface area contributed by atoms with Crippen molar-refractivity contribution >= 4 is 11.3 Å². The molecule has 2 rings (SSSR count). The molecule has 2 nitrogen and oxygen atoms in total. The Labute approximate surface area is 102 Å². The van der Waals surface area contributed by atoms with Gasteiger partial charge in [0.15, 0.2) is 0 Å². The summed E-state index contributed by atoms with van der Waals surface area (Å²) in [6, 6.07) is 4.33. The van der Waals surface area contributed by atoms with Crippen molar-refractivity contribution in [3.05, 3.63) is 22.4 Å². The van der Waals surface area contributed by atoms with E-state index < -0.39 is 0 Å². The molecule has 1 aliphatic heterocycles. The topological polar surface area (TPSA) is 21.3 Å². The number of rotatable bonds is 6. The normalized spacial score (nSPS) is 21.1. The Balaban J connectivity index is 1.48. The number of thiophene rings is 1. The monoisotopic (exact) mass is 239 g/mol. The third kappa shape index (κ3) is 4.24. The van der Waals surface area contributed by atoms with E-state index in [1.54, 1.807) is 0 Å². The molecule has 0 aromatic carbocycles. The van der Waals surface area contributed by atoms with Crippen molar-refractivity contribution in [2.24, 2.45) is 0 Å². The van der Waals surface area contributed by atoms with Gasteiger partial charge in [-0.1, -0.05) is 6.07 Å². The van der Waals surface area contributed by atoms with Crippen molar-refractivity contribution in [3.63, 3.8) is 0 Å². The molecule has 1 atom stereocenters.